The summed E-state index contributed by atoms with van der Waals surface area (Å²) in [5.41, 5.74) is 0. The molecule has 0 unspecified atom stereocenters. The number of morpholine rings is 1. The molecule has 0 N–H and O–H groups in total. The SMILES string of the molecule is O=S(=O)(/C=C\CN1CCOCC1)c1ccc2ccccc2c1. The Morgan fingerprint density at radius 1 is 1.05 bits per heavy atom. The molecule has 1 fully saturated rings. The monoisotopic (exact) mass is 317 g/mol. The molecule has 116 valence electrons. The molecule has 0 aliphatic carbocycles. The molecule has 3 rings (SSSR count). The summed E-state index contributed by atoms with van der Waals surface area (Å²) in [6.07, 6.45) is 1.72. The first-order chi connectivity index (χ1) is 10.6. The molecule has 2 aromatic rings. The average Bonchev–Trinajstić information content (AvgIpc) is 2.55. The van der Waals surface area contributed by atoms with Crippen molar-refractivity contribution in [2.24, 2.45) is 0 Å². The first-order valence-corrected chi connectivity index (χ1v) is 8.90. The second-order valence-corrected chi connectivity index (χ2v) is 7.17. The fraction of sp³-hybridized carbons (Fsp3) is 0.294. The summed E-state index contributed by atoms with van der Waals surface area (Å²) in [7, 11) is -3.39. The van der Waals surface area contributed by atoms with Gasteiger partial charge in [0.25, 0.3) is 0 Å². The molecule has 5 heteroatoms. The van der Waals surface area contributed by atoms with Gasteiger partial charge in [0.05, 0.1) is 18.1 Å². The lowest BCUT2D eigenvalue weighted by atomic mass is 10.1. The third-order valence-corrected chi connectivity index (χ3v) is 5.25. The van der Waals surface area contributed by atoms with Crippen LogP contribution in [-0.4, -0.2) is 46.2 Å². The summed E-state index contributed by atoms with van der Waals surface area (Å²) < 4.78 is 30.0. The molecule has 1 aliphatic heterocycles. The molecule has 1 heterocycles. The van der Waals surface area contributed by atoms with Gasteiger partial charge in [-0.2, -0.15) is 0 Å². The van der Waals surface area contributed by atoms with Crippen LogP contribution in [0.2, 0.25) is 0 Å². The van der Waals surface area contributed by atoms with E-state index in [0.717, 1.165) is 23.9 Å². The number of hydrogen-bond acceptors (Lipinski definition) is 4. The van der Waals surface area contributed by atoms with E-state index in [2.05, 4.69) is 4.90 Å². The van der Waals surface area contributed by atoms with Gasteiger partial charge >= 0.3 is 0 Å². The fourth-order valence-electron chi connectivity index (χ4n) is 2.53. The highest BCUT2D eigenvalue weighted by atomic mass is 32.2. The van der Waals surface area contributed by atoms with E-state index in [0.29, 0.717) is 24.7 Å². The lowest BCUT2D eigenvalue weighted by Gasteiger charge is -2.25. The number of hydrogen-bond donors (Lipinski definition) is 0. The van der Waals surface area contributed by atoms with E-state index in [1.807, 2.05) is 30.3 Å². The minimum Gasteiger partial charge on any atom is -0.379 e. The van der Waals surface area contributed by atoms with Gasteiger partial charge in [0.1, 0.15) is 0 Å². The van der Waals surface area contributed by atoms with Crippen LogP contribution >= 0.6 is 0 Å². The first-order valence-electron chi connectivity index (χ1n) is 7.36. The molecule has 1 saturated heterocycles. The zero-order valence-electron chi connectivity index (χ0n) is 12.3. The molecule has 2 aromatic carbocycles. The summed E-state index contributed by atoms with van der Waals surface area (Å²) in [4.78, 5) is 2.51. The molecule has 1 aliphatic rings. The van der Waals surface area contributed by atoms with Crippen LogP contribution in [0.5, 0.6) is 0 Å². The standard InChI is InChI=1S/C17H19NO3S/c19-22(20,13-3-8-18-9-11-21-12-10-18)17-7-6-15-4-1-2-5-16(15)14-17/h1-7,13-14H,8-12H2/b13-3-. The van der Waals surface area contributed by atoms with Crippen molar-refractivity contribution in [3.63, 3.8) is 0 Å². The van der Waals surface area contributed by atoms with Crippen LogP contribution in [0.4, 0.5) is 0 Å². The van der Waals surface area contributed by atoms with E-state index in [1.165, 1.54) is 5.41 Å². The molecule has 0 aromatic heterocycles. The Hall–Kier alpha value is -1.69. The van der Waals surface area contributed by atoms with Gasteiger partial charge in [-0.25, -0.2) is 8.42 Å². The highest BCUT2D eigenvalue weighted by Crippen LogP contribution is 2.20. The van der Waals surface area contributed by atoms with Gasteiger partial charge in [-0.1, -0.05) is 36.4 Å². The zero-order valence-corrected chi connectivity index (χ0v) is 13.1. The Morgan fingerprint density at radius 2 is 1.77 bits per heavy atom. The van der Waals surface area contributed by atoms with Crippen molar-refractivity contribution in [2.45, 2.75) is 4.90 Å². The van der Waals surface area contributed by atoms with E-state index < -0.39 is 9.84 Å². The van der Waals surface area contributed by atoms with Gasteiger partial charge in [-0.15, -0.1) is 0 Å². The Morgan fingerprint density at radius 3 is 2.55 bits per heavy atom. The predicted octanol–water partition coefficient (Wildman–Crippen LogP) is 2.46. The van der Waals surface area contributed by atoms with Crippen LogP contribution in [0.1, 0.15) is 0 Å². The van der Waals surface area contributed by atoms with E-state index >= 15 is 0 Å². The maximum absolute atomic E-state index is 12.4. The molecule has 0 saturated carbocycles. The highest BCUT2D eigenvalue weighted by molar-refractivity contribution is 7.94. The second kappa shape index (κ2) is 6.60. The molecular weight excluding hydrogens is 298 g/mol. The number of benzene rings is 2. The fourth-order valence-corrected chi connectivity index (χ4v) is 3.57. The van der Waals surface area contributed by atoms with Crippen LogP contribution in [0.25, 0.3) is 10.8 Å². The van der Waals surface area contributed by atoms with E-state index in [4.69, 9.17) is 4.74 Å². The van der Waals surface area contributed by atoms with Crippen molar-refractivity contribution < 1.29 is 13.2 Å². The number of rotatable bonds is 4. The molecule has 0 atom stereocenters. The van der Waals surface area contributed by atoms with Crippen molar-refractivity contribution in [2.75, 3.05) is 32.8 Å². The van der Waals surface area contributed by atoms with Crippen molar-refractivity contribution in [1.29, 1.82) is 0 Å². The van der Waals surface area contributed by atoms with Gasteiger partial charge in [0.15, 0.2) is 9.84 Å². The van der Waals surface area contributed by atoms with Crippen LogP contribution < -0.4 is 0 Å². The minimum absolute atomic E-state index is 0.337. The van der Waals surface area contributed by atoms with Gasteiger partial charge in [0, 0.05) is 25.0 Å². The predicted molar refractivity (Wildman–Crippen MR) is 87.5 cm³/mol. The second-order valence-electron chi connectivity index (χ2n) is 5.34. The maximum atomic E-state index is 12.4. The van der Waals surface area contributed by atoms with Crippen molar-refractivity contribution in [3.8, 4) is 0 Å². The van der Waals surface area contributed by atoms with E-state index in [-0.39, 0.29) is 0 Å². The summed E-state index contributed by atoms with van der Waals surface area (Å²) in [5, 5.41) is 3.29. The molecule has 0 amide bonds. The summed E-state index contributed by atoms with van der Waals surface area (Å²) >= 11 is 0. The number of nitrogens with zero attached hydrogens (tertiary/aromatic N) is 1. The molecule has 0 spiro atoms. The highest BCUT2D eigenvalue weighted by Gasteiger charge is 2.12. The smallest absolute Gasteiger partial charge is 0.199 e. The lowest BCUT2D eigenvalue weighted by Crippen LogP contribution is -2.36. The number of fused-ring (bicyclic) bond motifs is 1. The molecule has 4 nitrogen and oxygen atoms in total. The van der Waals surface area contributed by atoms with Crippen LogP contribution in [0, 0.1) is 0 Å². The molecular formula is C17H19NO3S. The van der Waals surface area contributed by atoms with Crippen LogP contribution in [-0.2, 0) is 14.6 Å². The quantitative estimate of drug-likeness (QED) is 0.869. The Kier molecular flexibility index (Phi) is 4.57. The molecule has 0 bridgehead atoms. The average molecular weight is 317 g/mol. The molecule has 0 radical (unpaired) electrons. The third kappa shape index (κ3) is 3.55. The van der Waals surface area contributed by atoms with E-state index in [9.17, 15) is 8.42 Å². The Labute approximate surface area is 130 Å². The van der Waals surface area contributed by atoms with Crippen molar-refractivity contribution >= 4 is 20.6 Å². The zero-order chi connectivity index (χ0) is 15.4. The molecule has 22 heavy (non-hydrogen) atoms. The van der Waals surface area contributed by atoms with Gasteiger partial charge in [-0.05, 0) is 22.9 Å². The van der Waals surface area contributed by atoms with Gasteiger partial charge < -0.3 is 4.74 Å². The Bertz CT molecular complexity index is 777. The van der Waals surface area contributed by atoms with E-state index in [1.54, 1.807) is 18.2 Å². The van der Waals surface area contributed by atoms with Crippen LogP contribution in [0.3, 0.4) is 0 Å². The van der Waals surface area contributed by atoms with Gasteiger partial charge in [0.2, 0.25) is 0 Å². The van der Waals surface area contributed by atoms with Gasteiger partial charge in [-0.3, -0.25) is 4.90 Å². The normalized spacial score (nSPS) is 17.3. The van der Waals surface area contributed by atoms with Crippen molar-refractivity contribution in [1.82, 2.24) is 4.90 Å². The number of ether oxygens (including phenoxy) is 1. The summed E-state index contributed by atoms with van der Waals surface area (Å²) in [6, 6.07) is 13.0. The maximum Gasteiger partial charge on any atom is 0.199 e. The summed E-state index contributed by atoms with van der Waals surface area (Å²) in [6.45, 7) is 3.76. The summed E-state index contributed by atoms with van der Waals surface area (Å²) in [5.74, 6) is 0. The minimum atomic E-state index is -3.39. The number of sulfone groups is 1. The first kappa shape index (κ1) is 15.2. The van der Waals surface area contributed by atoms with Crippen molar-refractivity contribution in [3.05, 3.63) is 53.9 Å². The lowest BCUT2D eigenvalue weighted by molar-refractivity contribution is 0.0434. The topological polar surface area (TPSA) is 46.6 Å². The van der Waals surface area contributed by atoms with Crippen LogP contribution in [0.15, 0.2) is 58.8 Å². The third-order valence-electron chi connectivity index (χ3n) is 3.79. The Balaban J connectivity index is 1.75. The largest absolute Gasteiger partial charge is 0.379 e.